The Balaban J connectivity index is 2.01. The summed E-state index contributed by atoms with van der Waals surface area (Å²) in [4.78, 5) is 12.2. The Morgan fingerprint density at radius 3 is 2.70 bits per heavy atom. The van der Waals surface area contributed by atoms with Crippen LogP contribution in [0, 0.1) is 5.92 Å². The summed E-state index contributed by atoms with van der Waals surface area (Å²) in [6.07, 6.45) is 0.849. The van der Waals surface area contributed by atoms with Crippen molar-refractivity contribution in [3.05, 3.63) is 47.7 Å². The fourth-order valence-corrected chi connectivity index (χ4v) is 1.97. The van der Waals surface area contributed by atoms with Gasteiger partial charge in [-0.25, -0.2) is 0 Å². The van der Waals surface area contributed by atoms with Crippen LogP contribution in [-0.2, 0) is 11.2 Å². The standard InChI is InChI=1S/C15H20N4O/c1-3-12-9-13(19-18-12)17-15(20)10(2)14(16)11-7-5-4-6-8-11/h4-10,14H,3,16H2,1-2H3,(H2,17,18,19,20). The maximum absolute atomic E-state index is 12.2. The number of nitrogens with one attached hydrogen (secondary N) is 2. The van der Waals surface area contributed by atoms with Gasteiger partial charge in [-0.3, -0.25) is 9.89 Å². The third-order valence-corrected chi connectivity index (χ3v) is 3.40. The second-order valence-electron chi connectivity index (χ2n) is 4.85. The third-order valence-electron chi connectivity index (χ3n) is 3.40. The van der Waals surface area contributed by atoms with Gasteiger partial charge in [0.25, 0.3) is 0 Å². The molecule has 1 aromatic heterocycles. The van der Waals surface area contributed by atoms with E-state index in [2.05, 4.69) is 15.5 Å². The number of hydrogen-bond donors (Lipinski definition) is 3. The molecule has 0 aliphatic heterocycles. The predicted octanol–water partition coefficient (Wildman–Crippen LogP) is 2.25. The minimum atomic E-state index is -0.334. The first-order valence-corrected chi connectivity index (χ1v) is 6.77. The van der Waals surface area contributed by atoms with Crippen molar-refractivity contribution in [2.45, 2.75) is 26.3 Å². The van der Waals surface area contributed by atoms with Crippen molar-refractivity contribution >= 4 is 11.7 Å². The number of anilines is 1. The van der Waals surface area contributed by atoms with E-state index in [1.807, 2.05) is 50.2 Å². The van der Waals surface area contributed by atoms with Crippen LogP contribution in [0.2, 0.25) is 0 Å². The zero-order valence-electron chi connectivity index (χ0n) is 11.8. The smallest absolute Gasteiger partial charge is 0.230 e. The molecule has 20 heavy (non-hydrogen) atoms. The number of rotatable bonds is 5. The zero-order chi connectivity index (χ0) is 14.5. The molecule has 5 nitrogen and oxygen atoms in total. The first-order valence-electron chi connectivity index (χ1n) is 6.77. The molecule has 0 aliphatic carbocycles. The summed E-state index contributed by atoms with van der Waals surface area (Å²) in [7, 11) is 0. The fourth-order valence-electron chi connectivity index (χ4n) is 1.97. The van der Waals surface area contributed by atoms with Crippen LogP contribution in [0.5, 0.6) is 0 Å². The van der Waals surface area contributed by atoms with E-state index in [4.69, 9.17) is 5.73 Å². The number of aromatic amines is 1. The van der Waals surface area contributed by atoms with Crippen molar-refractivity contribution in [1.29, 1.82) is 0 Å². The number of aromatic nitrogens is 2. The number of carbonyl (C=O) groups excluding carboxylic acids is 1. The highest BCUT2D eigenvalue weighted by molar-refractivity contribution is 5.92. The van der Waals surface area contributed by atoms with Crippen molar-refractivity contribution in [2.75, 3.05) is 5.32 Å². The van der Waals surface area contributed by atoms with Crippen LogP contribution < -0.4 is 11.1 Å². The Morgan fingerprint density at radius 1 is 1.40 bits per heavy atom. The number of aryl methyl sites for hydroxylation is 1. The Bertz CT molecular complexity index is 564. The second-order valence-corrected chi connectivity index (χ2v) is 4.85. The molecule has 2 rings (SSSR count). The summed E-state index contributed by atoms with van der Waals surface area (Å²) in [5.41, 5.74) is 8.07. The average Bonchev–Trinajstić information content (AvgIpc) is 2.94. The lowest BCUT2D eigenvalue weighted by molar-refractivity contribution is -0.120. The van der Waals surface area contributed by atoms with Crippen LogP contribution in [0.25, 0.3) is 0 Å². The average molecular weight is 272 g/mol. The molecule has 1 amide bonds. The number of nitrogens with zero attached hydrogens (tertiary/aromatic N) is 1. The van der Waals surface area contributed by atoms with E-state index < -0.39 is 0 Å². The molecule has 1 heterocycles. The number of nitrogens with two attached hydrogens (primary N) is 1. The van der Waals surface area contributed by atoms with Crippen LogP contribution in [0.4, 0.5) is 5.82 Å². The highest BCUT2D eigenvalue weighted by atomic mass is 16.2. The number of amides is 1. The number of H-pyrrole nitrogens is 1. The van der Waals surface area contributed by atoms with Crippen LogP contribution in [0.3, 0.4) is 0 Å². The fraction of sp³-hybridized carbons (Fsp3) is 0.333. The Kier molecular flexibility index (Phi) is 4.53. The summed E-state index contributed by atoms with van der Waals surface area (Å²) in [5.74, 6) is 0.0774. The van der Waals surface area contributed by atoms with Crippen molar-refractivity contribution in [1.82, 2.24) is 10.2 Å². The van der Waals surface area contributed by atoms with Crippen molar-refractivity contribution in [3.8, 4) is 0 Å². The zero-order valence-corrected chi connectivity index (χ0v) is 11.8. The number of benzene rings is 1. The molecular formula is C15H20N4O. The molecule has 0 spiro atoms. The van der Waals surface area contributed by atoms with E-state index >= 15 is 0 Å². The van der Waals surface area contributed by atoms with Crippen LogP contribution in [0.15, 0.2) is 36.4 Å². The van der Waals surface area contributed by atoms with Crippen molar-refractivity contribution < 1.29 is 4.79 Å². The van der Waals surface area contributed by atoms with Gasteiger partial charge in [0.05, 0.1) is 5.92 Å². The van der Waals surface area contributed by atoms with Gasteiger partial charge < -0.3 is 11.1 Å². The Hall–Kier alpha value is -2.14. The van der Waals surface area contributed by atoms with E-state index in [1.165, 1.54) is 0 Å². The summed E-state index contributed by atoms with van der Waals surface area (Å²) < 4.78 is 0. The SMILES string of the molecule is CCc1cc(NC(=O)C(C)C(N)c2ccccc2)n[nH]1. The van der Waals surface area contributed by atoms with E-state index in [1.54, 1.807) is 0 Å². The molecule has 2 aromatic rings. The van der Waals surface area contributed by atoms with E-state index in [0.29, 0.717) is 5.82 Å². The van der Waals surface area contributed by atoms with Gasteiger partial charge in [0, 0.05) is 17.8 Å². The number of carbonyl (C=O) groups is 1. The van der Waals surface area contributed by atoms with E-state index in [9.17, 15) is 4.79 Å². The minimum absolute atomic E-state index is 0.129. The molecule has 1 aromatic carbocycles. The van der Waals surface area contributed by atoms with E-state index in [0.717, 1.165) is 17.7 Å². The van der Waals surface area contributed by atoms with Crippen LogP contribution in [-0.4, -0.2) is 16.1 Å². The van der Waals surface area contributed by atoms with Gasteiger partial charge in [-0.2, -0.15) is 5.10 Å². The summed E-state index contributed by atoms with van der Waals surface area (Å²) in [6.45, 7) is 3.84. The normalized spacial score (nSPS) is 13.8. The van der Waals surface area contributed by atoms with Gasteiger partial charge in [0.2, 0.25) is 5.91 Å². The molecule has 0 radical (unpaired) electrons. The van der Waals surface area contributed by atoms with Crippen molar-refractivity contribution in [3.63, 3.8) is 0 Å². The second kappa shape index (κ2) is 6.34. The lowest BCUT2D eigenvalue weighted by atomic mass is 9.95. The molecule has 0 bridgehead atoms. The maximum atomic E-state index is 12.2. The topological polar surface area (TPSA) is 83.8 Å². The molecule has 106 valence electrons. The van der Waals surface area contributed by atoms with E-state index in [-0.39, 0.29) is 17.9 Å². The summed E-state index contributed by atoms with van der Waals surface area (Å²) in [5, 5.41) is 9.69. The minimum Gasteiger partial charge on any atom is -0.323 e. The Labute approximate surface area is 118 Å². The molecule has 4 N–H and O–H groups in total. The third kappa shape index (κ3) is 3.24. The highest BCUT2D eigenvalue weighted by Crippen LogP contribution is 2.20. The maximum Gasteiger partial charge on any atom is 0.230 e. The highest BCUT2D eigenvalue weighted by Gasteiger charge is 2.22. The molecule has 0 fully saturated rings. The molecule has 0 aliphatic rings. The summed E-state index contributed by atoms with van der Waals surface area (Å²) in [6, 6.07) is 11.1. The van der Waals surface area contributed by atoms with Gasteiger partial charge in [-0.1, -0.05) is 44.2 Å². The van der Waals surface area contributed by atoms with Gasteiger partial charge in [0.15, 0.2) is 5.82 Å². The van der Waals surface area contributed by atoms with Gasteiger partial charge in [-0.15, -0.1) is 0 Å². The van der Waals surface area contributed by atoms with Crippen LogP contribution >= 0.6 is 0 Å². The lowest BCUT2D eigenvalue weighted by Gasteiger charge is -2.19. The first kappa shape index (κ1) is 14.3. The van der Waals surface area contributed by atoms with Gasteiger partial charge >= 0.3 is 0 Å². The van der Waals surface area contributed by atoms with Gasteiger partial charge in [0.1, 0.15) is 0 Å². The molecule has 2 unspecified atom stereocenters. The molecule has 2 atom stereocenters. The largest absolute Gasteiger partial charge is 0.323 e. The predicted molar refractivity (Wildman–Crippen MR) is 79.1 cm³/mol. The summed E-state index contributed by atoms with van der Waals surface area (Å²) >= 11 is 0. The van der Waals surface area contributed by atoms with Gasteiger partial charge in [-0.05, 0) is 12.0 Å². The molecule has 0 saturated carbocycles. The first-order chi connectivity index (χ1) is 9.61. The van der Waals surface area contributed by atoms with Crippen LogP contribution in [0.1, 0.15) is 31.1 Å². The number of hydrogen-bond acceptors (Lipinski definition) is 3. The van der Waals surface area contributed by atoms with Crippen molar-refractivity contribution in [2.24, 2.45) is 11.7 Å². The molecule has 5 heteroatoms. The molecular weight excluding hydrogens is 252 g/mol. The Morgan fingerprint density at radius 2 is 2.10 bits per heavy atom. The monoisotopic (exact) mass is 272 g/mol. The lowest BCUT2D eigenvalue weighted by Crippen LogP contribution is -2.30. The molecule has 0 saturated heterocycles. The quantitative estimate of drug-likeness (QED) is 0.780.